The fourth-order valence-corrected chi connectivity index (χ4v) is 5.01. The van der Waals surface area contributed by atoms with Gasteiger partial charge in [0.1, 0.15) is 13.2 Å². The number of esters is 1. The molecule has 1 saturated heterocycles. The number of hydrogen-bond acceptors (Lipinski definition) is 8. The first-order valence-electron chi connectivity index (χ1n) is 13.0. The Hall–Kier alpha value is -3.67. The van der Waals surface area contributed by atoms with Crippen molar-refractivity contribution in [1.82, 2.24) is 14.8 Å². The summed E-state index contributed by atoms with van der Waals surface area (Å²) in [7, 11) is 1.34. The summed E-state index contributed by atoms with van der Waals surface area (Å²) >= 11 is 5.81. The molecule has 2 N–H and O–H groups in total. The number of ether oxygens (including phenoxy) is 4. The Labute approximate surface area is 231 Å². The van der Waals surface area contributed by atoms with Crippen molar-refractivity contribution in [3.8, 4) is 11.5 Å². The Morgan fingerprint density at radius 3 is 2.62 bits per heavy atom. The lowest BCUT2D eigenvalue weighted by atomic mass is 10.1. The molecule has 39 heavy (non-hydrogen) atoms. The number of nitrogens with one attached hydrogen (secondary N) is 2. The average molecular weight is 553 g/mol. The second-order valence-electron chi connectivity index (χ2n) is 9.40. The SMILES string of the molecule is COC(=O)c1ccccc1NC(=S)N(CCCN1CCOCC1)Cc1cc2cc3c(cc2[nH]c1=O)OCCO3. The van der Waals surface area contributed by atoms with Crippen LogP contribution in [0.4, 0.5) is 5.69 Å². The lowest BCUT2D eigenvalue weighted by Crippen LogP contribution is -2.40. The van der Waals surface area contributed by atoms with Gasteiger partial charge in [0, 0.05) is 43.2 Å². The first-order chi connectivity index (χ1) is 19.0. The third-order valence-corrected chi connectivity index (χ3v) is 7.17. The van der Waals surface area contributed by atoms with Gasteiger partial charge in [0.2, 0.25) is 0 Å². The molecular formula is C28H32N4O6S. The fourth-order valence-electron chi connectivity index (χ4n) is 4.75. The lowest BCUT2D eigenvalue weighted by Gasteiger charge is -2.30. The second kappa shape index (κ2) is 12.5. The van der Waals surface area contributed by atoms with E-state index in [1.165, 1.54) is 7.11 Å². The Balaban J connectivity index is 1.38. The molecule has 0 unspecified atom stereocenters. The second-order valence-corrected chi connectivity index (χ2v) is 9.79. The highest BCUT2D eigenvalue weighted by atomic mass is 32.1. The number of para-hydroxylation sites is 1. The number of rotatable bonds is 8. The zero-order valence-corrected chi connectivity index (χ0v) is 22.7. The van der Waals surface area contributed by atoms with Gasteiger partial charge in [0.25, 0.3) is 5.56 Å². The van der Waals surface area contributed by atoms with Crippen molar-refractivity contribution in [2.45, 2.75) is 13.0 Å². The number of aromatic amines is 1. The molecule has 2 aliphatic rings. The van der Waals surface area contributed by atoms with E-state index in [4.69, 9.17) is 31.2 Å². The van der Waals surface area contributed by atoms with Gasteiger partial charge in [-0.1, -0.05) is 12.1 Å². The van der Waals surface area contributed by atoms with E-state index in [-0.39, 0.29) is 12.1 Å². The van der Waals surface area contributed by atoms with E-state index in [1.807, 2.05) is 23.1 Å². The summed E-state index contributed by atoms with van der Waals surface area (Å²) in [6, 6.07) is 12.6. The quantitative estimate of drug-likeness (QED) is 0.320. The molecule has 0 atom stereocenters. The first-order valence-corrected chi connectivity index (χ1v) is 13.4. The number of carbonyl (C=O) groups is 1. The Kier molecular flexibility index (Phi) is 8.60. The number of thiocarbonyl (C=S) groups is 1. The Morgan fingerprint density at radius 2 is 1.85 bits per heavy atom. The highest BCUT2D eigenvalue weighted by molar-refractivity contribution is 7.80. The number of benzene rings is 2. The zero-order chi connectivity index (χ0) is 27.2. The molecule has 0 aliphatic carbocycles. The minimum absolute atomic E-state index is 0.199. The summed E-state index contributed by atoms with van der Waals surface area (Å²) in [4.78, 5) is 32.7. The molecule has 5 rings (SSSR count). The van der Waals surface area contributed by atoms with Gasteiger partial charge < -0.3 is 34.1 Å². The minimum atomic E-state index is -0.458. The van der Waals surface area contributed by atoms with Crippen LogP contribution >= 0.6 is 12.2 Å². The topological polar surface area (TPSA) is 105 Å². The van der Waals surface area contributed by atoms with Crippen LogP contribution in [0, 0.1) is 0 Å². The number of fused-ring (bicyclic) bond motifs is 2. The number of methoxy groups -OCH3 is 1. The van der Waals surface area contributed by atoms with Crippen LogP contribution in [0.3, 0.4) is 0 Å². The van der Waals surface area contributed by atoms with Gasteiger partial charge in [0.15, 0.2) is 16.6 Å². The van der Waals surface area contributed by atoms with Crippen molar-refractivity contribution in [2.75, 3.05) is 65.0 Å². The number of anilines is 1. The van der Waals surface area contributed by atoms with Gasteiger partial charge >= 0.3 is 5.97 Å². The normalized spacial score (nSPS) is 15.1. The molecule has 1 fully saturated rings. The molecule has 2 aromatic carbocycles. The predicted octanol–water partition coefficient (Wildman–Crippen LogP) is 3.01. The first kappa shape index (κ1) is 26.9. The van der Waals surface area contributed by atoms with Crippen molar-refractivity contribution >= 4 is 39.9 Å². The van der Waals surface area contributed by atoms with E-state index in [9.17, 15) is 9.59 Å². The van der Waals surface area contributed by atoms with Crippen LogP contribution in [0.1, 0.15) is 22.3 Å². The van der Waals surface area contributed by atoms with Gasteiger partial charge in [-0.2, -0.15) is 0 Å². The molecule has 0 saturated carbocycles. The third-order valence-electron chi connectivity index (χ3n) is 6.81. The van der Waals surface area contributed by atoms with Gasteiger partial charge in [-0.05, 0) is 42.9 Å². The number of pyridine rings is 1. The van der Waals surface area contributed by atoms with Crippen LogP contribution in [-0.2, 0) is 16.0 Å². The summed E-state index contributed by atoms with van der Waals surface area (Å²) in [6.45, 7) is 6.02. The standard InChI is InChI=1S/C28H32N4O6S/c1-35-27(34)21-5-2-3-6-22(21)30-28(39)32(8-4-7-31-9-11-36-12-10-31)18-20-15-19-16-24-25(38-14-13-37-24)17-23(19)29-26(20)33/h2-3,5-6,15-17H,4,7-14,18H2,1H3,(H,29,33)(H,30,39). The van der Waals surface area contributed by atoms with Crippen LogP contribution in [-0.4, -0.2) is 85.6 Å². The van der Waals surface area contributed by atoms with Gasteiger partial charge in [-0.25, -0.2) is 4.79 Å². The smallest absolute Gasteiger partial charge is 0.339 e. The number of nitrogens with zero attached hydrogens (tertiary/aromatic N) is 2. The van der Waals surface area contributed by atoms with E-state index in [1.54, 1.807) is 24.3 Å². The largest absolute Gasteiger partial charge is 0.486 e. The van der Waals surface area contributed by atoms with Crippen LogP contribution in [0.5, 0.6) is 11.5 Å². The number of H-pyrrole nitrogens is 1. The molecule has 0 bridgehead atoms. The molecule has 3 aromatic rings. The van der Waals surface area contributed by atoms with Crippen molar-refractivity contribution < 1.29 is 23.7 Å². The molecule has 206 valence electrons. The molecule has 3 heterocycles. The van der Waals surface area contributed by atoms with E-state index in [2.05, 4.69) is 15.2 Å². The van der Waals surface area contributed by atoms with E-state index in [0.29, 0.717) is 58.7 Å². The summed E-state index contributed by atoms with van der Waals surface area (Å²) in [5.74, 6) is 0.822. The van der Waals surface area contributed by atoms with Crippen LogP contribution < -0.4 is 20.3 Å². The molecule has 2 aliphatic heterocycles. The highest BCUT2D eigenvalue weighted by Crippen LogP contribution is 2.33. The maximum atomic E-state index is 13.1. The van der Waals surface area contributed by atoms with Gasteiger partial charge in [0.05, 0.1) is 43.6 Å². The van der Waals surface area contributed by atoms with Crippen molar-refractivity contribution in [2.24, 2.45) is 0 Å². The van der Waals surface area contributed by atoms with Gasteiger partial charge in [-0.15, -0.1) is 0 Å². The number of carbonyl (C=O) groups excluding carboxylic acids is 1. The molecule has 11 heteroatoms. The fraction of sp³-hybridized carbons (Fsp3) is 0.393. The summed E-state index contributed by atoms with van der Waals surface area (Å²) < 4.78 is 21.8. The molecule has 0 spiro atoms. The molecular weight excluding hydrogens is 520 g/mol. The van der Waals surface area contributed by atoms with E-state index >= 15 is 0 Å². The van der Waals surface area contributed by atoms with Crippen LogP contribution in [0.15, 0.2) is 47.3 Å². The summed E-state index contributed by atoms with van der Waals surface area (Å²) in [6.07, 6.45) is 0.838. The highest BCUT2D eigenvalue weighted by Gasteiger charge is 2.19. The zero-order valence-electron chi connectivity index (χ0n) is 21.9. The Bertz CT molecular complexity index is 1400. The third kappa shape index (κ3) is 6.49. The van der Waals surface area contributed by atoms with E-state index in [0.717, 1.165) is 44.7 Å². The minimum Gasteiger partial charge on any atom is -0.486 e. The lowest BCUT2D eigenvalue weighted by molar-refractivity contribution is 0.0367. The maximum Gasteiger partial charge on any atom is 0.339 e. The number of hydrogen-bond donors (Lipinski definition) is 2. The number of morpholine rings is 1. The van der Waals surface area contributed by atoms with Crippen molar-refractivity contribution in [3.05, 3.63) is 63.9 Å². The molecule has 10 nitrogen and oxygen atoms in total. The summed E-state index contributed by atoms with van der Waals surface area (Å²) in [5, 5.41) is 4.46. The van der Waals surface area contributed by atoms with Crippen LogP contribution in [0.25, 0.3) is 10.9 Å². The van der Waals surface area contributed by atoms with Gasteiger partial charge in [-0.3, -0.25) is 9.69 Å². The monoisotopic (exact) mass is 552 g/mol. The summed E-state index contributed by atoms with van der Waals surface area (Å²) in [5.41, 5.74) is 1.97. The maximum absolute atomic E-state index is 13.1. The molecule has 1 aromatic heterocycles. The Morgan fingerprint density at radius 1 is 1.10 bits per heavy atom. The molecule has 0 amide bonds. The average Bonchev–Trinajstić information content (AvgIpc) is 2.96. The molecule has 0 radical (unpaired) electrons. The predicted molar refractivity (Wildman–Crippen MR) is 152 cm³/mol. The number of aromatic nitrogens is 1. The van der Waals surface area contributed by atoms with Crippen molar-refractivity contribution in [3.63, 3.8) is 0 Å². The van der Waals surface area contributed by atoms with E-state index < -0.39 is 5.97 Å². The van der Waals surface area contributed by atoms with Crippen molar-refractivity contribution in [1.29, 1.82) is 0 Å². The van der Waals surface area contributed by atoms with Crippen LogP contribution in [0.2, 0.25) is 0 Å².